The highest BCUT2D eigenvalue weighted by Crippen LogP contribution is 2.34. The van der Waals surface area contributed by atoms with Crippen molar-refractivity contribution >= 4 is 11.8 Å². The van der Waals surface area contributed by atoms with E-state index < -0.39 is 41.8 Å². The Kier molecular flexibility index (Phi) is 8.30. The number of carbonyl (C=O) groups excluding carboxylic acids is 2. The molecule has 2 heterocycles. The van der Waals surface area contributed by atoms with Gasteiger partial charge in [-0.05, 0) is 20.3 Å². The standard InChI is InChI=1S/C19H28N2O8/c1-5-13-15(29-14(23)7-6-12(3)22)16(27-9-8-26-4)18(28-13)21-10-11(2)17(24)20-19(21)25/h10,13,15-16,18H,5-9H2,1-4H3,(H,20,24,25)/t13-,15+,16?,18-/m1/s1. The van der Waals surface area contributed by atoms with Crippen LogP contribution in [0, 0.1) is 6.92 Å². The number of methoxy groups -OCH3 is 1. The number of aryl methyl sites for hydroxylation is 1. The number of rotatable bonds is 10. The molecule has 162 valence electrons. The first-order chi connectivity index (χ1) is 13.8. The number of aromatic nitrogens is 2. The van der Waals surface area contributed by atoms with E-state index in [1.54, 1.807) is 6.92 Å². The minimum absolute atomic E-state index is 0.0462. The zero-order chi connectivity index (χ0) is 21.6. The molecule has 1 fully saturated rings. The number of H-pyrrole nitrogens is 1. The molecule has 4 atom stereocenters. The zero-order valence-electron chi connectivity index (χ0n) is 17.1. The van der Waals surface area contributed by atoms with Crippen LogP contribution in [-0.4, -0.2) is 59.9 Å². The molecule has 0 radical (unpaired) electrons. The van der Waals surface area contributed by atoms with Crippen molar-refractivity contribution in [2.45, 2.75) is 64.6 Å². The average molecular weight is 412 g/mol. The van der Waals surface area contributed by atoms with Crippen LogP contribution in [0.4, 0.5) is 0 Å². The Morgan fingerprint density at radius 2 is 1.93 bits per heavy atom. The first kappa shape index (κ1) is 23.0. The first-order valence-corrected chi connectivity index (χ1v) is 9.55. The van der Waals surface area contributed by atoms with E-state index in [0.717, 1.165) is 0 Å². The Hall–Kier alpha value is -2.30. The molecule has 1 unspecified atom stereocenters. The van der Waals surface area contributed by atoms with Gasteiger partial charge in [0.25, 0.3) is 5.56 Å². The molecule has 0 spiro atoms. The van der Waals surface area contributed by atoms with Gasteiger partial charge in [0.1, 0.15) is 11.9 Å². The van der Waals surface area contributed by atoms with Crippen LogP contribution in [0.3, 0.4) is 0 Å². The van der Waals surface area contributed by atoms with Gasteiger partial charge in [-0.25, -0.2) is 4.79 Å². The lowest BCUT2D eigenvalue weighted by atomic mass is 10.1. The lowest BCUT2D eigenvalue weighted by Crippen LogP contribution is -2.42. The molecule has 0 bridgehead atoms. The van der Waals surface area contributed by atoms with Crippen molar-refractivity contribution < 1.29 is 28.5 Å². The third kappa shape index (κ3) is 5.84. The third-order valence-electron chi connectivity index (χ3n) is 4.65. The van der Waals surface area contributed by atoms with E-state index in [1.165, 1.54) is 24.8 Å². The van der Waals surface area contributed by atoms with E-state index in [2.05, 4.69) is 4.98 Å². The average Bonchev–Trinajstić information content (AvgIpc) is 3.00. The predicted octanol–water partition coefficient (Wildman–Crippen LogP) is 0.465. The SMILES string of the molecule is CC[C@H]1O[C@@H](n2cc(C)c(=O)[nH]c2=O)C(OCCOC)[C@H]1OC(=O)CCC(C)=O. The molecule has 1 aliphatic rings. The minimum Gasteiger partial charge on any atom is -0.457 e. The van der Waals surface area contributed by atoms with E-state index in [1.807, 2.05) is 6.92 Å². The van der Waals surface area contributed by atoms with Gasteiger partial charge in [-0.3, -0.25) is 19.1 Å². The summed E-state index contributed by atoms with van der Waals surface area (Å²) in [6.07, 6.45) is -1.05. The summed E-state index contributed by atoms with van der Waals surface area (Å²) in [4.78, 5) is 49.7. The summed E-state index contributed by atoms with van der Waals surface area (Å²) in [6, 6.07) is 0. The number of nitrogens with one attached hydrogen (secondary N) is 1. The molecule has 10 heteroatoms. The maximum atomic E-state index is 12.4. The summed E-state index contributed by atoms with van der Waals surface area (Å²) in [5.74, 6) is -0.657. The monoisotopic (exact) mass is 412 g/mol. The molecule has 0 aliphatic carbocycles. The molecule has 1 N–H and O–H groups in total. The Balaban J connectivity index is 2.31. The summed E-state index contributed by atoms with van der Waals surface area (Å²) < 4.78 is 23.7. The van der Waals surface area contributed by atoms with Crippen molar-refractivity contribution in [3.05, 3.63) is 32.6 Å². The van der Waals surface area contributed by atoms with Crippen LogP contribution in [0.1, 0.15) is 44.9 Å². The first-order valence-electron chi connectivity index (χ1n) is 9.55. The number of hydrogen-bond donors (Lipinski definition) is 1. The largest absolute Gasteiger partial charge is 0.457 e. The summed E-state index contributed by atoms with van der Waals surface area (Å²) in [7, 11) is 1.52. The van der Waals surface area contributed by atoms with Gasteiger partial charge in [0.2, 0.25) is 0 Å². The molecule has 0 aromatic carbocycles. The fourth-order valence-electron chi connectivity index (χ4n) is 3.11. The Morgan fingerprint density at radius 1 is 1.21 bits per heavy atom. The predicted molar refractivity (Wildman–Crippen MR) is 102 cm³/mol. The van der Waals surface area contributed by atoms with Gasteiger partial charge in [0.05, 0.1) is 25.7 Å². The summed E-state index contributed by atoms with van der Waals surface area (Å²) in [5, 5.41) is 0. The maximum absolute atomic E-state index is 12.4. The second-order valence-electron chi connectivity index (χ2n) is 6.94. The van der Waals surface area contributed by atoms with E-state index in [4.69, 9.17) is 18.9 Å². The molecule has 1 aliphatic heterocycles. The van der Waals surface area contributed by atoms with Crippen molar-refractivity contribution in [3.8, 4) is 0 Å². The van der Waals surface area contributed by atoms with Crippen LogP contribution in [0.2, 0.25) is 0 Å². The van der Waals surface area contributed by atoms with Crippen molar-refractivity contribution in [1.82, 2.24) is 9.55 Å². The number of Topliss-reactive ketones (excluding diaryl/α,β-unsaturated/α-hetero) is 1. The van der Waals surface area contributed by atoms with Gasteiger partial charge in [0, 0.05) is 25.3 Å². The second-order valence-corrected chi connectivity index (χ2v) is 6.94. The van der Waals surface area contributed by atoms with E-state index >= 15 is 0 Å². The topological polar surface area (TPSA) is 126 Å². The maximum Gasteiger partial charge on any atom is 0.330 e. The summed E-state index contributed by atoms with van der Waals surface area (Å²) in [6.45, 7) is 5.32. The van der Waals surface area contributed by atoms with E-state index in [-0.39, 0.29) is 25.2 Å². The Labute approximate surface area is 168 Å². The number of nitrogens with zero attached hydrogens (tertiary/aromatic N) is 1. The number of carbonyl (C=O) groups is 2. The van der Waals surface area contributed by atoms with Gasteiger partial charge < -0.3 is 23.7 Å². The quantitative estimate of drug-likeness (QED) is 0.434. The molecule has 0 saturated carbocycles. The van der Waals surface area contributed by atoms with E-state index in [0.29, 0.717) is 18.6 Å². The van der Waals surface area contributed by atoms with Gasteiger partial charge in [0.15, 0.2) is 12.3 Å². The zero-order valence-corrected chi connectivity index (χ0v) is 17.1. The number of hydrogen-bond acceptors (Lipinski definition) is 8. The summed E-state index contributed by atoms with van der Waals surface area (Å²) in [5.41, 5.74) is -0.802. The number of ketones is 1. The normalized spacial score (nSPS) is 23.9. The minimum atomic E-state index is -0.898. The van der Waals surface area contributed by atoms with Crippen LogP contribution in [-0.2, 0) is 28.5 Å². The number of esters is 1. The molecule has 10 nitrogen and oxygen atoms in total. The van der Waals surface area contributed by atoms with Crippen LogP contribution in [0.5, 0.6) is 0 Å². The highest BCUT2D eigenvalue weighted by molar-refractivity contribution is 5.81. The lowest BCUT2D eigenvalue weighted by Gasteiger charge is -2.25. The molecular weight excluding hydrogens is 384 g/mol. The molecule has 2 rings (SSSR count). The molecular formula is C19H28N2O8. The van der Waals surface area contributed by atoms with Crippen LogP contribution in [0.25, 0.3) is 0 Å². The molecule has 1 aromatic heterocycles. The van der Waals surface area contributed by atoms with Crippen molar-refractivity contribution in [2.24, 2.45) is 0 Å². The second kappa shape index (κ2) is 10.5. The van der Waals surface area contributed by atoms with E-state index in [9.17, 15) is 19.2 Å². The summed E-state index contributed by atoms with van der Waals surface area (Å²) >= 11 is 0. The van der Waals surface area contributed by atoms with Gasteiger partial charge in [-0.2, -0.15) is 0 Å². The highest BCUT2D eigenvalue weighted by Gasteiger charge is 2.48. The molecule has 29 heavy (non-hydrogen) atoms. The lowest BCUT2D eigenvalue weighted by molar-refractivity contribution is -0.159. The van der Waals surface area contributed by atoms with Gasteiger partial charge in [-0.15, -0.1) is 0 Å². The van der Waals surface area contributed by atoms with Crippen LogP contribution < -0.4 is 11.2 Å². The van der Waals surface area contributed by atoms with Gasteiger partial charge >= 0.3 is 11.7 Å². The van der Waals surface area contributed by atoms with Gasteiger partial charge in [-0.1, -0.05) is 6.92 Å². The van der Waals surface area contributed by atoms with Crippen molar-refractivity contribution in [1.29, 1.82) is 0 Å². The smallest absolute Gasteiger partial charge is 0.330 e. The fraction of sp³-hybridized carbons (Fsp3) is 0.684. The molecule has 1 aromatic rings. The highest BCUT2D eigenvalue weighted by atomic mass is 16.6. The molecule has 0 amide bonds. The third-order valence-corrected chi connectivity index (χ3v) is 4.65. The number of aromatic amines is 1. The molecule has 1 saturated heterocycles. The van der Waals surface area contributed by atoms with Crippen molar-refractivity contribution in [2.75, 3.05) is 20.3 Å². The number of ether oxygens (including phenoxy) is 4. The fourth-order valence-corrected chi connectivity index (χ4v) is 3.11. The van der Waals surface area contributed by atoms with Crippen LogP contribution >= 0.6 is 0 Å². The van der Waals surface area contributed by atoms with Crippen molar-refractivity contribution in [3.63, 3.8) is 0 Å². The Bertz CT molecular complexity index is 830. The Morgan fingerprint density at radius 3 is 2.55 bits per heavy atom. The van der Waals surface area contributed by atoms with Crippen LogP contribution in [0.15, 0.2) is 15.8 Å².